The number of hydrogen-bond acceptors (Lipinski definition) is 3. The molecular formula is C12H18N4O2. The molecule has 0 heterocycles. The van der Waals surface area contributed by atoms with E-state index in [1.54, 1.807) is 38.1 Å². The maximum atomic E-state index is 11.7. The van der Waals surface area contributed by atoms with Crippen molar-refractivity contribution in [2.75, 3.05) is 17.7 Å². The minimum Gasteiger partial charge on any atom is -0.341 e. The van der Waals surface area contributed by atoms with Crippen molar-refractivity contribution in [2.45, 2.75) is 19.4 Å². The van der Waals surface area contributed by atoms with Gasteiger partial charge in [-0.2, -0.15) is 0 Å². The van der Waals surface area contributed by atoms with E-state index in [2.05, 4.69) is 16.0 Å². The van der Waals surface area contributed by atoms with Crippen molar-refractivity contribution in [2.24, 2.45) is 5.73 Å². The zero-order chi connectivity index (χ0) is 13.8. The van der Waals surface area contributed by atoms with E-state index in [1.807, 2.05) is 0 Å². The zero-order valence-corrected chi connectivity index (χ0v) is 10.7. The van der Waals surface area contributed by atoms with Gasteiger partial charge >= 0.3 is 6.03 Å². The van der Waals surface area contributed by atoms with Gasteiger partial charge in [-0.05, 0) is 32.0 Å². The molecule has 0 spiro atoms. The molecule has 1 rings (SSSR count). The van der Waals surface area contributed by atoms with Crippen LogP contribution in [0.5, 0.6) is 0 Å². The van der Waals surface area contributed by atoms with E-state index in [0.717, 1.165) is 0 Å². The van der Waals surface area contributed by atoms with Gasteiger partial charge in [0.15, 0.2) is 0 Å². The second kappa shape index (κ2) is 5.50. The summed E-state index contributed by atoms with van der Waals surface area (Å²) < 4.78 is 0. The molecule has 5 N–H and O–H groups in total. The standard InChI is InChI=1S/C12H18N4O2/c1-12(2,13)10(17)15-8-5-4-6-9(7-8)16-11(18)14-3/h4-7H,13H2,1-3H3,(H,15,17)(H2,14,16,18). The summed E-state index contributed by atoms with van der Waals surface area (Å²) in [7, 11) is 1.53. The lowest BCUT2D eigenvalue weighted by molar-refractivity contribution is -0.120. The van der Waals surface area contributed by atoms with Crippen molar-refractivity contribution < 1.29 is 9.59 Å². The Bertz CT molecular complexity index is 452. The van der Waals surface area contributed by atoms with Crippen molar-refractivity contribution in [1.29, 1.82) is 0 Å². The Morgan fingerprint density at radius 2 is 1.72 bits per heavy atom. The molecule has 18 heavy (non-hydrogen) atoms. The maximum absolute atomic E-state index is 11.7. The van der Waals surface area contributed by atoms with E-state index >= 15 is 0 Å². The van der Waals surface area contributed by atoms with Gasteiger partial charge in [0.2, 0.25) is 5.91 Å². The molecular weight excluding hydrogens is 232 g/mol. The van der Waals surface area contributed by atoms with Crippen LogP contribution in [0.25, 0.3) is 0 Å². The van der Waals surface area contributed by atoms with E-state index < -0.39 is 5.54 Å². The van der Waals surface area contributed by atoms with Crippen LogP contribution in [0.2, 0.25) is 0 Å². The number of benzene rings is 1. The molecule has 3 amide bonds. The quantitative estimate of drug-likeness (QED) is 0.647. The Balaban J connectivity index is 2.77. The lowest BCUT2D eigenvalue weighted by Crippen LogP contribution is -2.45. The van der Waals surface area contributed by atoms with E-state index in [1.165, 1.54) is 7.05 Å². The summed E-state index contributed by atoms with van der Waals surface area (Å²) >= 11 is 0. The van der Waals surface area contributed by atoms with Crippen LogP contribution in [0.15, 0.2) is 24.3 Å². The van der Waals surface area contributed by atoms with Gasteiger partial charge in [0, 0.05) is 18.4 Å². The molecule has 0 bridgehead atoms. The van der Waals surface area contributed by atoms with Crippen LogP contribution in [0, 0.1) is 0 Å². The fourth-order valence-electron chi connectivity index (χ4n) is 1.16. The van der Waals surface area contributed by atoms with Gasteiger partial charge in [-0.15, -0.1) is 0 Å². The number of carbonyl (C=O) groups is 2. The fourth-order valence-corrected chi connectivity index (χ4v) is 1.16. The molecule has 0 saturated heterocycles. The Labute approximate surface area is 106 Å². The van der Waals surface area contributed by atoms with Gasteiger partial charge in [-0.3, -0.25) is 4.79 Å². The summed E-state index contributed by atoms with van der Waals surface area (Å²) in [5, 5.41) is 7.73. The molecule has 0 fully saturated rings. The Hall–Kier alpha value is -2.08. The minimum absolute atomic E-state index is 0.292. The summed E-state index contributed by atoms with van der Waals surface area (Å²) in [5.74, 6) is -0.292. The van der Waals surface area contributed by atoms with Gasteiger partial charge < -0.3 is 21.7 Å². The average molecular weight is 250 g/mol. The summed E-state index contributed by atoms with van der Waals surface area (Å²) in [4.78, 5) is 22.8. The second-order valence-corrected chi connectivity index (χ2v) is 4.46. The molecule has 6 heteroatoms. The van der Waals surface area contributed by atoms with Crippen LogP contribution in [0.1, 0.15) is 13.8 Å². The van der Waals surface area contributed by atoms with Gasteiger partial charge in [0.05, 0.1) is 5.54 Å². The number of nitrogens with two attached hydrogens (primary N) is 1. The third-order valence-electron chi connectivity index (χ3n) is 2.19. The Morgan fingerprint density at radius 1 is 1.17 bits per heavy atom. The number of carbonyl (C=O) groups excluding carboxylic acids is 2. The highest BCUT2D eigenvalue weighted by molar-refractivity contribution is 5.98. The lowest BCUT2D eigenvalue weighted by Gasteiger charge is -2.18. The van der Waals surface area contributed by atoms with E-state index in [9.17, 15) is 9.59 Å². The van der Waals surface area contributed by atoms with E-state index in [0.29, 0.717) is 11.4 Å². The molecule has 98 valence electrons. The highest BCUT2D eigenvalue weighted by atomic mass is 16.2. The van der Waals surface area contributed by atoms with Crippen molar-refractivity contribution in [3.05, 3.63) is 24.3 Å². The first kappa shape index (κ1) is 14.0. The van der Waals surface area contributed by atoms with Crippen molar-refractivity contribution in [3.8, 4) is 0 Å². The maximum Gasteiger partial charge on any atom is 0.318 e. The summed E-state index contributed by atoms with van der Waals surface area (Å²) in [6.45, 7) is 3.24. The third-order valence-corrected chi connectivity index (χ3v) is 2.19. The largest absolute Gasteiger partial charge is 0.341 e. The van der Waals surface area contributed by atoms with Crippen LogP contribution in [0.3, 0.4) is 0 Å². The number of urea groups is 1. The van der Waals surface area contributed by atoms with Crippen molar-refractivity contribution >= 4 is 23.3 Å². The highest BCUT2D eigenvalue weighted by Gasteiger charge is 2.21. The number of amides is 3. The smallest absolute Gasteiger partial charge is 0.318 e. The monoisotopic (exact) mass is 250 g/mol. The zero-order valence-electron chi connectivity index (χ0n) is 10.7. The fraction of sp³-hybridized carbons (Fsp3) is 0.333. The van der Waals surface area contributed by atoms with Crippen molar-refractivity contribution in [1.82, 2.24) is 5.32 Å². The number of rotatable bonds is 3. The number of hydrogen-bond donors (Lipinski definition) is 4. The summed E-state index contributed by atoms with van der Waals surface area (Å²) in [5.41, 5.74) is 5.88. The molecule has 0 aromatic heterocycles. The summed E-state index contributed by atoms with van der Waals surface area (Å²) in [6.07, 6.45) is 0. The molecule has 1 aromatic rings. The van der Waals surface area contributed by atoms with Crippen LogP contribution in [-0.4, -0.2) is 24.5 Å². The molecule has 0 aliphatic rings. The normalized spacial score (nSPS) is 10.7. The molecule has 6 nitrogen and oxygen atoms in total. The predicted molar refractivity (Wildman–Crippen MR) is 71.4 cm³/mol. The van der Waals surface area contributed by atoms with Gasteiger partial charge in [-0.1, -0.05) is 6.07 Å². The molecule has 0 atom stereocenters. The average Bonchev–Trinajstić information content (AvgIpc) is 2.28. The first-order chi connectivity index (χ1) is 8.32. The first-order valence-corrected chi connectivity index (χ1v) is 5.52. The molecule has 1 aromatic carbocycles. The minimum atomic E-state index is -0.954. The topological polar surface area (TPSA) is 96.2 Å². The third kappa shape index (κ3) is 4.06. The molecule has 0 aliphatic carbocycles. The second-order valence-electron chi connectivity index (χ2n) is 4.46. The Morgan fingerprint density at radius 3 is 2.22 bits per heavy atom. The van der Waals surface area contributed by atoms with E-state index in [4.69, 9.17) is 5.73 Å². The van der Waals surface area contributed by atoms with Gasteiger partial charge in [0.1, 0.15) is 0 Å². The first-order valence-electron chi connectivity index (χ1n) is 5.52. The lowest BCUT2D eigenvalue weighted by atomic mass is 10.1. The predicted octanol–water partition coefficient (Wildman–Crippen LogP) is 1.11. The van der Waals surface area contributed by atoms with Crippen LogP contribution >= 0.6 is 0 Å². The van der Waals surface area contributed by atoms with Crippen LogP contribution in [-0.2, 0) is 4.79 Å². The molecule has 0 aliphatic heterocycles. The SMILES string of the molecule is CNC(=O)Nc1cccc(NC(=O)C(C)(C)N)c1. The summed E-state index contributed by atoms with van der Waals surface area (Å²) in [6, 6.07) is 6.50. The van der Waals surface area contributed by atoms with Gasteiger partial charge in [-0.25, -0.2) is 4.79 Å². The Kier molecular flexibility index (Phi) is 4.28. The number of anilines is 2. The van der Waals surface area contributed by atoms with Crippen molar-refractivity contribution in [3.63, 3.8) is 0 Å². The molecule has 0 saturated carbocycles. The molecule has 0 unspecified atom stereocenters. The van der Waals surface area contributed by atoms with Crippen LogP contribution in [0.4, 0.5) is 16.2 Å². The van der Waals surface area contributed by atoms with E-state index in [-0.39, 0.29) is 11.9 Å². The molecule has 0 radical (unpaired) electrons. The van der Waals surface area contributed by atoms with Gasteiger partial charge in [0.25, 0.3) is 0 Å². The highest BCUT2D eigenvalue weighted by Crippen LogP contribution is 2.16. The van der Waals surface area contributed by atoms with Crippen LogP contribution < -0.4 is 21.7 Å². The number of nitrogens with one attached hydrogen (secondary N) is 3.